The lowest BCUT2D eigenvalue weighted by Gasteiger charge is -2.12. The summed E-state index contributed by atoms with van der Waals surface area (Å²) in [7, 11) is 0. The molecule has 0 aliphatic carbocycles. The zero-order chi connectivity index (χ0) is 17.1. The average molecular weight is 320 g/mol. The van der Waals surface area contributed by atoms with Crippen LogP contribution in [0.3, 0.4) is 0 Å². The highest BCUT2D eigenvalue weighted by Crippen LogP contribution is 2.27. The maximum atomic E-state index is 12.1. The first-order valence-electron chi connectivity index (χ1n) is 7.89. The number of amides is 1. The second kappa shape index (κ2) is 6.71. The molecule has 4 nitrogen and oxygen atoms in total. The number of hydrogen-bond acceptors (Lipinski definition) is 3. The number of benzene rings is 2. The Hall–Kier alpha value is -2.88. The van der Waals surface area contributed by atoms with Gasteiger partial charge in [0, 0.05) is 22.8 Å². The van der Waals surface area contributed by atoms with Crippen molar-refractivity contribution in [3.8, 4) is 5.75 Å². The minimum absolute atomic E-state index is 0.0412. The third-order valence-electron chi connectivity index (χ3n) is 3.79. The molecule has 0 saturated heterocycles. The van der Waals surface area contributed by atoms with Crippen molar-refractivity contribution in [3.05, 3.63) is 65.4 Å². The largest absolute Gasteiger partial charge is 0.483 e. The number of rotatable bonds is 4. The van der Waals surface area contributed by atoms with Crippen molar-refractivity contribution in [2.45, 2.75) is 20.8 Å². The summed E-state index contributed by atoms with van der Waals surface area (Å²) in [6.07, 6.45) is 0. The summed E-state index contributed by atoms with van der Waals surface area (Å²) in [4.78, 5) is 16.7. The lowest BCUT2D eigenvalue weighted by Crippen LogP contribution is -2.20. The number of anilines is 1. The Balaban J connectivity index is 1.76. The molecule has 1 heterocycles. The Morgan fingerprint density at radius 3 is 2.67 bits per heavy atom. The molecule has 1 N–H and O–H groups in total. The first kappa shape index (κ1) is 16.0. The molecule has 3 aromatic rings. The number of carbonyl (C=O) groups excluding carboxylic acids is 1. The molecule has 0 fully saturated rings. The van der Waals surface area contributed by atoms with Crippen molar-refractivity contribution in [2.75, 3.05) is 11.9 Å². The van der Waals surface area contributed by atoms with Crippen molar-refractivity contribution in [2.24, 2.45) is 0 Å². The SMILES string of the molecule is Cc1cccc(NC(=O)COc2cc(C)nc3c(C)cccc23)c1. The van der Waals surface area contributed by atoms with Crippen LogP contribution < -0.4 is 10.1 Å². The highest BCUT2D eigenvalue weighted by Gasteiger charge is 2.09. The van der Waals surface area contributed by atoms with Gasteiger partial charge in [-0.05, 0) is 50.1 Å². The average Bonchev–Trinajstić information content (AvgIpc) is 2.53. The van der Waals surface area contributed by atoms with Crippen LogP contribution in [0.15, 0.2) is 48.5 Å². The van der Waals surface area contributed by atoms with E-state index in [9.17, 15) is 4.79 Å². The quantitative estimate of drug-likeness (QED) is 0.784. The molecule has 1 aromatic heterocycles. The standard InChI is InChI=1S/C20H20N2O2/c1-13-6-4-8-16(10-13)22-19(23)12-24-18-11-15(3)21-20-14(2)7-5-9-17(18)20/h4-11H,12H2,1-3H3,(H,22,23). The van der Waals surface area contributed by atoms with E-state index in [1.807, 2.05) is 69.3 Å². The molecule has 4 heteroatoms. The van der Waals surface area contributed by atoms with Gasteiger partial charge >= 0.3 is 0 Å². The van der Waals surface area contributed by atoms with Crippen molar-refractivity contribution in [1.29, 1.82) is 0 Å². The number of nitrogens with zero attached hydrogens (tertiary/aromatic N) is 1. The summed E-state index contributed by atoms with van der Waals surface area (Å²) in [5.41, 5.74) is 4.73. The summed E-state index contributed by atoms with van der Waals surface area (Å²) < 4.78 is 5.77. The monoisotopic (exact) mass is 320 g/mol. The number of aryl methyl sites for hydroxylation is 3. The molecule has 0 unspecified atom stereocenters. The Labute approximate surface area is 141 Å². The van der Waals surface area contributed by atoms with E-state index in [4.69, 9.17) is 4.74 Å². The van der Waals surface area contributed by atoms with Crippen LogP contribution in [0.2, 0.25) is 0 Å². The molecule has 0 aliphatic rings. The van der Waals surface area contributed by atoms with Gasteiger partial charge in [0.15, 0.2) is 6.61 Å². The number of ether oxygens (including phenoxy) is 1. The second-order valence-corrected chi connectivity index (χ2v) is 5.94. The van der Waals surface area contributed by atoms with Gasteiger partial charge in [0.1, 0.15) is 5.75 Å². The van der Waals surface area contributed by atoms with Crippen LogP contribution in [-0.4, -0.2) is 17.5 Å². The van der Waals surface area contributed by atoms with Gasteiger partial charge in [-0.1, -0.05) is 24.3 Å². The van der Waals surface area contributed by atoms with Crippen LogP contribution in [0, 0.1) is 20.8 Å². The van der Waals surface area contributed by atoms with Crippen LogP contribution >= 0.6 is 0 Å². The van der Waals surface area contributed by atoms with Gasteiger partial charge in [0.2, 0.25) is 0 Å². The van der Waals surface area contributed by atoms with Crippen LogP contribution in [0.4, 0.5) is 5.69 Å². The molecule has 3 rings (SSSR count). The molecule has 0 saturated carbocycles. The van der Waals surface area contributed by atoms with Crippen molar-refractivity contribution in [3.63, 3.8) is 0 Å². The highest BCUT2D eigenvalue weighted by molar-refractivity contribution is 5.93. The molecule has 122 valence electrons. The fourth-order valence-corrected chi connectivity index (χ4v) is 2.66. The first-order chi connectivity index (χ1) is 11.5. The number of pyridine rings is 1. The van der Waals surface area contributed by atoms with Crippen molar-refractivity contribution in [1.82, 2.24) is 4.98 Å². The topological polar surface area (TPSA) is 51.2 Å². The lowest BCUT2D eigenvalue weighted by molar-refractivity contribution is -0.118. The van der Waals surface area contributed by atoms with E-state index in [2.05, 4.69) is 10.3 Å². The fraction of sp³-hybridized carbons (Fsp3) is 0.200. The number of aromatic nitrogens is 1. The van der Waals surface area contributed by atoms with Crippen LogP contribution in [0.1, 0.15) is 16.8 Å². The Kier molecular flexibility index (Phi) is 4.47. The first-order valence-corrected chi connectivity index (χ1v) is 7.89. The van der Waals surface area contributed by atoms with E-state index in [0.717, 1.165) is 33.4 Å². The van der Waals surface area contributed by atoms with Crippen molar-refractivity contribution >= 4 is 22.5 Å². The molecule has 0 aliphatic heterocycles. The molecule has 0 spiro atoms. The number of nitrogens with one attached hydrogen (secondary N) is 1. The zero-order valence-electron chi connectivity index (χ0n) is 14.1. The summed E-state index contributed by atoms with van der Waals surface area (Å²) in [5, 5.41) is 3.77. The summed E-state index contributed by atoms with van der Waals surface area (Å²) in [6.45, 7) is 5.88. The molecule has 24 heavy (non-hydrogen) atoms. The van der Waals surface area contributed by atoms with Crippen LogP contribution in [0.25, 0.3) is 10.9 Å². The Bertz CT molecular complexity index is 903. The third-order valence-corrected chi connectivity index (χ3v) is 3.79. The number of hydrogen-bond donors (Lipinski definition) is 1. The molecule has 2 aromatic carbocycles. The number of carbonyl (C=O) groups is 1. The number of fused-ring (bicyclic) bond motifs is 1. The molecule has 0 bridgehead atoms. The fourth-order valence-electron chi connectivity index (χ4n) is 2.66. The minimum atomic E-state index is -0.184. The van der Waals surface area contributed by atoms with Gasteiger partial charge in [-0.25, -0.2) is 0 Å². The molecule has 0 atom stereocenters. The van der Waals surface area contributed by atoms with E-state index in [-0.39, 0.29) is 12.5 Å². The van der Waals surface area contributed by atoms with E-state index in [1.54, 1.807) is 0 Å². The van der Waals surface area contributed by atoms with Gasteiger partial charge in [0.05, 0.1) is 5.52 Å². The Morgan fingerprint density at radius 2 is 1.88 bits per heavy atom. The molecule has 0 radical (unpaired) electrons. The maximum absolute atomic E-state index is 12.1. The predicted octanol–water partition coefficient (Wildman–Crippen LogP) is 4.18. The lowest BCUT2D eigenvalue weighted by atomic mass is 10.1. The highest BCUT2D eigenvalue weighted by atomic mass is 16.5. The van der Waals surface area contributed by atoms with Gasteiger partial charge in [-0.2, -0.15) is 0 Å². The van der Waals surface area contributed by atoms with Gasteiger partial charge in [-0.3, -0.25) is 9.78 Å². The molecular weight excluding hydrogens is 300 g/mol. The van der Waals surface area contributed by atoms with Crippen molar-refractivity contribution < 1.29 is 9.53 Å². The van der Waals surface area contributed by atoms with E-state index < -0.39 is 0 Å². The van der Waals surface area contributed by atoms with E-state index in [1.165, 1.54) is 0 Å². The Morgan fingerprint density at radius 1 is 1.08 bits per heavy atom. The van der Waals surface area contributed by atoms with Gasteiger partial charge in [-0.15, -0.1) is 0 Å². The summed E-state index contributed by atoms with van der Waals surface area (Å²) in [5.74, 6) is 0.497. The second-order valence-electron chi connectivity index (χ2n) is 5.94. The summed E-state index contributed by atoms with van der Waals surface area (Å²) >= 11 is 0. The maximum Gasteiger partial charge on any atom is 0.262 e. The van der Waals surface area contributed by atoms with E-state index in [0.29, 0.717) is 5.75 Å². The smallest absolute Gasteiger partial charge is 0.262 e. The molecule has 1 amide bonds. The van der Waals surface area contributed by atoms with E-state index >= 15 is 0 Å². The number of para-hydroxylation sites is 1. The van der Waals surface area contributed by atoms with Gasteiger partial charge in [0.25, 0.3) is 5.91 Å². The van der Waals surface area contributed by atoms with Crippen LogP contribution in [0.5, 0.6) is 5.75 Å². The zero-order valence-corrected chi connectivity index (χ0v) is 14.1. The normalized spacial score (nSPS) is 10.6. The van der Waals surface area contributed by atoms with Crippen LogP contribution in [-0.2, 0) is 4.79 Å². The minimum Gasteiger partial charge on any atom is -0.483 e. The third kappa shape index (κ3) is 3.54. The predicted molar refractivity (Wildman–Crippen MR) is 96.5 cm³/mol. The van der Waals surface area contributed by atoms with Gasteiger partial charge < -0.3 is 10.1 Å². The summed E-state index contributed by atoms with van der Waals surface area (Å²) in [6, 6.07) is 15.5. The molecular formula is C20H20N2O2.